The van der Waals surface area contributed by atoms with Crippen molar-refractivity contribution in [2.75, 3.05) is 11.9 Å². The highest BCUT2D eigenvalue weighted by Crippen LogP contribution is 2.22. The predicted molar refractivity (Wildman–Crippen MR) is 81.6 cm³/mol. The van der Waals surface area contributed by atoms with Gasteiger partial charge < -0.3 is 16.0 Å². The first-order chi connectivity index (χ1) is 9.06. The highest BCUT2D eigenvalue weighted by molar-refractivity contribution is 7.80. The van der Waals surface area contributed by atoms with E-state index in [1.807, 2.05) is 25.1 Å². The molecule has 102 valence electrons. The Balaban J connectivity index is 1.80. The molecular formula is C13H16ClN3OS. The van der Waals surface area contributed by atoms with Gasteiger partial charge in [0.05, 0.1) is 6.54 Å². The van der Waals surface area contributed by atoms with Crippen molar-refractivity contribution < 1.29 is 4.79 Å². The van der Waals surface area contributed by atoms with Gasteiger partial charge in [-0.3, -0.25) is 4.79 Å². The molecule has 0 bridgehead atoms. The summed E-state index contributed by atoms with van der Waals surface area (Å²) in [6.45, 7) is 2.09. The maximum atomic E-state index is 11.5. The van der Waals surface area contributed by atoms with Crippen LogP contribution in [0.3, 0.4) is 0 Å². The number of carbonyl (C=O) groups excluding carboxylic acids is 1. The number of anilines is 1. The van der Waals surface area contributed by atoms with E-state index >= 15 is 0 Å². The topological polar surface area (TPSA) is 53.2 Å². The first-order valence-electron chi connectivity index (χ1n) is 6.15. The van der Waals surface area contributed by atoms with Crippen LogP contribution < -0.4 is 16.0 Å². The zero-order valence-electron chi connectivity index (χ0n) is 10.6. The van der Waals surface area contributed by atoms with Crippen molar-refractivity contribution in [1.82, 2.24) is 10.6 Å². The minimum atomic E-state index is -0.0329. The van der Waals surface area contributed by atoms with E-state index in [0.717, 1.165) is 24.1 Å². The molecule has 0 aromatic heterocycles. The Morgan fingerprint density at radius 3 is 2.89 bits per heavy atom. The Bertz CT molecular complexity index is 503. The Morgan fingerprint density at radius 2 is 2.21 bits per heavy atom. The van der Waals surface area contributed by atoms with Gasteiger partial charge in [0, 0.05) is 16.8 Å². The highest BCUT2D eigenvalue weighted by Gasteiger charge is 2.22. The molecule has 1 amide bonds. The fourth-order valence-electron chi connectivity index (χ4n) is 1.58. The van der Waals surface area contributed by atoms with Gasteiger partial charge in [-0.25, -0.2) is 0 Å². The van der Waals surface area contributed by atoms with Gasteiger partial charge in [0.1, 0.15) is 0 Å². The largest absolute Gasteiger partial charge is 0.353 e. The van der Waals surface area contributed by atoms with Crippen molar-refractivity contribution in [3.63, 3.8) is 0 Å². The second kappa shape index (κ2) is 6.21. The van der Waals surface area contributed by atoms with E-state index in [1.165, 1.54) is 0 Å². The Kier molecular flexibility index (Phi) is 4.61. The quantitative estimate of drug-likeness (QED) is 0.746. The van der Waals surface area contributed by atoms with Gasteiger partial charge in [-0.1, -0.05) is 17.7 Å². The molecule has 1 aromatic carbocycles. The Hall–Kier alpha value is -1.33. The molecule has 1 aliphatic carbocycles. The average molecular weight is 298 g/mol. The molecule has 4 nitrogen and oxygen atoms in total. The summed E-state index contributed by atoms with van der Waals surface area (Å²) >= 11 is 11.2. The summed E-state index contributed by atoms with van der Waals surface area (Å²) in [4.78, 5) is 11.5. The van der Waals surface area contributed by atoms with Gasteiger partial charge in [-0.2, -0.15) is 0 Å². The summed E-state index contributed by atoms with van der Waals surface area (Å²) < 4.78 is 0. The third-order valence-electron chi connectivity index (χ3n) is 2.87. The van der Waals surface area contributed by atoms with Crippen LogP contribution in [-0.2, 0) is 4.79 Å². The Morgan fingerprint density at radius 1 is 1.47 bits per heavy atom. The third kappa shape index (κ3) is 4.36. The van der Waals surface area contributed by atoms with Gasteiger partial charge in [-0.15, -0.1) is 0 Å². The average Bonchev–Trinajstić information content (AvgIpc) is 3.16. The van der Waals surface area contributed by atoms with Gasteiger partial charge in [0.2, 0.25) is 5.91 Å². The van der Waals surface area contributed by atoms with Crippen LogP contribution in [0.25, 0.3) is 0 Å². The summed E-state index contributed by atoms with van der Waals surface area (Å²) in [5.74, 6) is -0.0329. The molecular weight excluding hydrogens is 282 g/mol. The Labute approximate surface area is 122 Å². The molecule has 3 N–H and O–H groups in total. The smallest absolute Gasteiger partial charge is 0.239 e. The monoisotopic (exact) mass is 297 g/mol. The number of hydrogen-bond donors (Lipinski definition) is 3. The van der Waals surface area contributed by atoms with Crippen LogP contribution in [0.2, 0.25) is 5.02 Å². The zero-order valence-corrected chi connectivity index (χ0v) is 12.2. The van der Waals surface area contributed by atoms with Crippen LogP contribution in [0.15, 0.2) is 18.2 Å². The van der Waals surface area contributed by atoms with E-state index in [1.54, 1.807) is 0 Å². The van der Waals surface area contributed by atoms with Gasteiger partial charge in [0.15, 0.2) is 5.11 Å². The normalized spacial score (nSPS) is 13.8. The standard InChI is InChI=1S/C13H16ClN3OS/c1-8-10(14)3-2-4-11(8)17-13(19)15-7-12(18)16-9-5-6-9/h2-4,9H,5-7H2,1H3,(H,16,18)(H2,15,17,19). The fraction of sp³-hybridized carbons (Fsp3) is 0.385. The number of nitrogens with one attached hydrogen (secondary N) is 3. The maximum Gasteiger partial charge on any atom is 0.239 e. The number of hydrogen-bond acceptors (Lipinski definition) is 2. The van der Waals surface area contributed by atoms with E-state index in [0.29, 0.717) is 16.2 Å². The van der Waals surface area contributed by atoms with Crippen molar-refractivity contribution in [2.24, 2.45) is 0 Å². The number of benzene rings is 1. The van der Waals surface area contributed by atoms with Crippen LogP contribution in [0, 0.1) is 6.92 Å². The summed E-state index contributed by atoms with van der Waals surface area (Å²) in [5.41, 5.74) is 1.77. The van der Waals surface area contributed by atoms with Crippen molar-refractivity contribution >= 4 is 40.5 Å². The van der Waals surface area contributed by atoms with Crippen LogP contribution in [0.5, 0.6) is 0 Å². The molecule has 1 aromatic rings. The molecule has 1 fully saturated rings. The van der Waals surface area contributed by atoms with E-state index in [-0.39, 0.29) is 12.5 Å². The lowest BCUT2D eigenvalue weighted by Gasteiger charge is -2.13. The molecule has 1 aliphatic rings. The molecule has 0 saturated heterocycles. The minimum absolute atomic E-state index is 0.0329. The second-order valence-electron chi connectivity index (χ2n) is 4.56. The maximum absolute atomic E-state index is 11.5. The first kappa shape index (κ1) is 14.1. The van der Waals surface area contributed by atoms with Crippen LogP contribution >= 0.6 is 23.8 Å². The molecule has 1 saturated carbocycles. The molecule has 19 heavy (non-hydrogen) atoms. The lowest BCUT2D eigenvalue weighted by Crippen LogP contribution is -2.39. The highest BCUT2D eigenvalue weighted by atomic mass is 35.5. The molecule has 6 heteroatoms. The molecule has 0 aliphatic heterocycles. The zero-order chi connectivity index (χ0) is 13.8. The SMILES string of the molecule is Cc1c(Cl)cccc1NC(=S)NCC(=O)NC1CC1. The third-order valence-corrected chi connectivity index (χ3v) is 3.52. The molecule has 2 rings (SSSR count). The summed E-state index contributed by atoms with van der Waals surface area (Å²) in [6, 6.07) is 5.92. The van der Waals surface area contributed by atoms with E-state index in [4.69, 9.17) is 23.8 Å². The molecule has 0 unspecified atom stereocenters. The minimum Gasteiger partial charge on any atom is -0.353 e. The first-order valence-corrected chi connectivity index (χ1v) is 6.94. The van der Waals surface area contributed by atoms with Crippen molar-refractivity contribution in [3.8, 4) is 0 Å². The van der Waals surface area contributed by atoms with Gasteiger partial charge in [0.25, 0.3) is 0 Å². The summed E-state index contributed by atoms with van der Waals surface area (Å²) in [5, 5.41) is 9.88. The summed E-state index contributed by atoms with van der Waals surface area (Å²) in [7, 11) is 0. The number of thiocarbonyl (C=S) groups is 1. The molecule has 0 heterocycles. The van der Waals surface area contributed by atoms with Crippen LogP contribution in [-0.4, -0.2) is 23.6 Å². The predicted octanol–water partition coefficient (Wildman–Crippen LogP) is 2.21. The van der Waals surface area contributed by atoms with Crippen LogP contribution in [0.1, 0.15) is 18.4 Å². The number of carbonyl (C=O) groups is 1. The van der Waals surface area contributed by atoms with E-state index in [2.05, 4.69) is 16.0 Å². The lowest BCUT2D eigenvalue weighted by atomic mass is 10.2. The van der Waals surface area contributed by atoms with E-state index < -0.39 is 0 Å². The van der Waals surface area contributed by atoms with E-state index in [9.17, 15) is 4.79 Å². The second-order valence-corrected chi connectivity index (χ2v) is 5.38. The van der Waals surface area contributed by atoms with Gasteiger partial charge >= 0.3 is 0 Å². The number of rotatable bonds is 4. The molecule has 0 spiro atoms. The molecule has 0 radical (unpaired) electrons. The fourth-order valence-corrected chi connectivity index (χ4v) is 1.93. The van der Waals surface area contributed by atoms with Crippen molar-refractivity contribution in [2.45, 2.75) is 25.8 Å². The number of halogens is 1. The van der Waals surface area contributed by atoms with Crippen molar-refractivity contribution in [1.29, 1.82) is 0 Å². The number of amides is 1. The van der Waals surface area contributed by atoms with Gasteiger partial charge in [-0.05, 0) is 49.7 Å². The van der Waals surface area contributed by atoms with Crippen LogP contribution in [0.4, 0.5) is 5.69 Å². The molecule has 0 atom stereocenters. The summed E-state index contributed by atoms with van der Waals surface area (Å²) in [6.07, 6.45) is 2.16. The van der Waals surface area contributed by atoms with Crippen molar-refractivity contribution in [3.05, 3.63) is 28.8 Å². The lowest BCUT2D eigenvalue weighted by molar-refractivity contribution is -0.120.